The monoisotopic (exact) mass is 1150 g/mol. The Labute approximate surface area is 506 Å². The second kappa shape index (κ2) is 62.0. The van der Waals surface area contributed by atoms with Gasteiger partial charge in [0.05, 0.1) is 25.4 Å². The van der Waals surface area contributed by atoms with Crippen LogP contribution in [0.1, 0.15) is 341 Å². The molecule has 6 N–H and O–H groups in total. The summed E-state index contributed by atoms with van der Waals surface area (Å²) in [5.41, 5.74) is 0. The van der Waals surface area contributed by atoms with Gasteiger partial charge in [-0.1, -0.05) is 338 Å². The van der Waals surface area contributed by atoms with Crippen molar-refractivity contribution in [3.63, 3.8) is 0 Å². The molecule has 0 spiro atoms. The van der Waals surface area contributed by atoms with E-state index in [0.717, 1.165) is 70.6 Å². The van der Waals surface area contributed by atoms with Crippen molar-refractivity contribution in [3.05, 3.63) is 60.8 Å². The number of ether oxygens (including phenoxy) is 2. The predicted molar refractivity (Wildman–Crippen MR) is 350 cm³/mol. The third kappa shape index (κ3) is 50.1. The Hall–Kier alpha value is -2.11. The number of rotatable bonds is 62. The van der Waals surface area contributed by atoms with E-state index in [2.05, 4.69) is 79.9 Å². The number of carbonyl (C=O) groups is 1. The van der Waals surface area contributed by atoms with Crippen molar-refractivity contribution in [2.75, 3.05) is 13.2 Å². The van der Waals surface area contributed by atoms with Crippen molar-refractivity contribution in [2.24, 2.45) is 0 Å². The molecule has 1 fully saturated rings. The smallest absolute Gasteiger partial charge is 0.220 e. The molecule has 0 bridgehead atoms. The Morgan fingerprint density at radius 2 is 0.756 bits per heavy atom. The molecule has 1 aliphatic rings. The van der Waals surface area contributed by atoms with E-state index in [-0.39, 0.29) is 12.5 Å². The minimum absolute atomic E-state index is 0.135. The molecule has 1 heterocycles. The fourth-order valence-electron chi connectivity index (χ4n) is 11.4. The minimum Gasteiger partial charge on any atom is -0.394 e. The third-order valence-corrected chi connectivity index (χ3v) is 16.9. The molecule has 1 amide bonds. The maximum Gasteiger partial charge on any atom is 0.220 e. The van der Waals surface area contributed by atoms with Gasteiger partial charge in [0.1, 0.15) is 24.4 Å². The van der Waals surface area contributed by atoms with Crippen LogP contribution in [0, 0.1) is 0 Å². The molecule has 0 aromatic rings. The third-order valence-electron chi connectivity index (χ3n) is 16.9. The van der Waals surface area contributed by atoms with Crippen LogP contribution in [-0.2, 0) is 14.3 Å². The average Bonchev–Trinajstić information content (AvgIpc) is 3.59. The second-order valence-electron chi connectivity index (χ2n) is 24.7. The lowest BCUT2D eigenvalue weighted by molar-refractivity contribution is -0.302. The Morgan fingerprint density at radius 1 is 0.427 bits per heavy atom. The van der Waals surface area contributed by atoms with Gasteiger partial charge in [0, 0.05) is 6.42 Å². The molecule has 0 saturated carbocycles. The lowest BCUT2D eigenvalue weighted by atomic mass is 9.99. The van der Waals surface area contributed by atoms with E-state index >= 15 is 0 Å². The standard InChI is InChI=1S/C73H135NO8/c1-3-5-7-9-11-13-15-17-19-21-23-25-27-28-29-30-31-32-33-34-35-36-37-38-39-40-41-43-45-47-49-51-53-55-57-59-61-63-69(77)74-66(65-81-73-72(80)71(79)70(78)68(64-75)82-73)67(76)62-60-58-56-54-52-50-48-46-44-42-26-24-22-20-18-16-14-12-10-8-6-4-2/h5,7,11,13,17,19,23,25,28-29,66-68,70-73,75-76,78-80H,3-4,6,8-10,12,14-16,18,20-22,24,26-27,30-65H2,1-2H3,(H,74,77)/b7-5-,13-11-,19-17-,25-23-,29-28-. The fraction of sp³-hybridized carbons (Fsp3) is 0.849. The minimum atomic E-state index is -1.55. The van der Waals surface area contributed by atoms with Crippen LogP contribution in [0.15, 0.2) is 60.8 Å². The molecule has 7 atom stereocenters. The highest BCUT2D eigenvalue weighted by molar-refractivity contribution is 5.76. The Balaban J connectivity index is 2.07. The molecule has 0 radical (unpaired) electrons. The summed E-state index contributed by atoms with van der Waals surface area (Å²) in [6.07, 6.45) is 78.6. The van der Waals surface area contributed by atoms with Gasteiger partial charge in [0.15, 0.2) is 6.29 Å². The summed E-state index contributed by atoms with van der Waals surface area (Å²) < 4.78 is 11.4. The molecule has 7 unspecified atom stereocenters. The largest absolute Gasteiger partial charge is 0.394 e. The zero-order valence-corrected chi connectivity index (χ0v) is 53.8. The molecule has 9 heteroatoms. The summed E-state index contributed by atoms with van der Waals surface area (Å²) in [5.74, 6) is -0.138. The maximum atomic E-state index is 13.2. The topological polar surface area (TPSA) is 149 Å². The molecule has 0 aromatic carbocycles. The first-order valence-corrected chi connectivity index (χ1v) is 35.5. The molecule has 9 nitrogen and oxygen atoms in total. The number of aliphatic hydroxyl groups is 5. The molecule has 1 saturated heterocycles. The zero-order chi connectivity index (χ0) is 59.3. The van der Waals surface area contributed by atoms with E-state index in [1.54, 1.807) is 0 Å². The molecule has 0 aromatic heterocycles. The first-order valence-electron chi connectivity index (χ1n) is 35.5. The summed E-state index contributed by atoms with van der Waals surface area (Å²) >= 11 is 0. The first-order chi connectivity index (χ1) is 40.3. The number of hydrogen-bond donors (Lipinski definition) is 6. The Kier molecular flexibility index (Phi) is 58.9. The number of carbonyl (C=O) groups excluding carboxylic acids is 1. The van der Waals surface area contributed by atoms with Gasteiger partial charge in [0.2, 0.25) is 5.91 Å². The number of allylic oxidation sites excluding steroid dienone is 10. The van der Waals surface area contributed by atoms with Crippen molar-refractivity contribution < 1.29 is 39.8 Å². The van der Waals surface area contributed by atoms with Crippen LogP contribution in [-0.4, -0.2) is 87.5 Å². The van der Waals surface area contributed by atoms with Crippen LogP contribution in [0.5, 0.6) is 0 Å². The number of nitrogens with one attached hydrogen (secondary N) is 1. The van der Waals surface area contributed by atoms with E-state index in [1.807, 2.05) is 0 Å². The van der Waals surface area contributed by atoms with Crippen LogP contribution in [0.2, 0.25) is 0 Å². The van der Waals surface area contributed by atoms with Gasteiger partial charge in [-0.3, -0.25) is 4.79 Å². The van der Waals surface area contributed by atoms with Gasteiger partial charge < -0.3 is 40.3 Å². The highest BCUT2D eigenvalue weighted by Gasteiger charge is 2.44. The summed E-state index contributed by atoms with van der Waals surface area (Å²) in [7, 11) is 0. The number of amides is 1. The number of hydrogen-bond acceptors (Lipinski definition) is 8. The van der Waals surface area contributed by atoms with Crippen LogP contribution in [0.4, 0.5) is 0 Å². The van der Waals surface area contributed by atoms with Crippen molar-refractivity contribution in [1.29, 1.82) is 0 Å². The zero-order valence-electron chi connectivity index (χ0n) is 53.8. The van der Waals surface area contributed by atoms with E-state index in [9.17, 15) is 30.3 Å². The molecular formula is C73H135NO8. The summed E-state index contributed by atoms with van der Waals surface area (Å²) in [4.78, 5) is 13.2. The maximum absolute atomic E-state index is 13.2. The number of unbranched alkanes of at least 4 members (excludes halogenated alkanes) is 42. The molecule has 82 heavy (non-hydrogen) atoms. The molecule has 1 rings (SSSR count). The summed E-state index contributed by atoms with van der Waals surface area (Å²) in [6.45, 7) is 3.77. The first kappa shape index (κ1) is 77.9. The highest BCUT2D eigenvalue weighted by atomic mass is 16.7. The van der Waals surface area contributed by atoms with Gasteiger partial charge in [0.25, 0.3) is 0 Å². The van der Waals surface area contributed by atoms with Gasteiger partial charge in [-0.05, 0) is 57.8 Å². The average molecular weight is 1150 g/mol. The van der Waals surface area contributed by atoms with Gasteiger partial charge in [-0.2, -0.15) is 0 Å². The quantitative estimate of drug-likeness (QED) is 0.0261. The lowest BCUT2D eigenvalue weighted by Gasteiger charge is -2.40. The van der Waals surface area contributed by atoms with Crippen LogP contribution in [0.3, 0.4) is 0 Å². The van der Waals surface area contributed by atoms with Crippen LogP contribution < -0.4 is 5.32 Å². The summed E-state index contributed by atoms with van der Waals surface area (Å²) in [5, 5.41) is 54.9. The van der Waals surface area contributed by atoms with Crippen molar-refractivity contribution in [1.82, 2.24) is 5.32 Å². The fourth-order valence-corrected chi connectivity index (χ4v) is 11.4. The van der Waals surface area contributed by atoms with E-state index in [1.165, 1.54) is 244 Å². The molecule has 0 aliphatic carbocycles. The highest BCUT2D eigenvalue weighted by Crippen LogP contribution is 2.24. The van der Waals surface area contributed by atoms with Crippen LogP contribution >= 0.6 is 0 Å². The lowest BCUT2D eigenvalue weighted by Crippen LogP contribution is -2.60. The predicted octanol–water partition coefficient (Wildman–Crippen LogP) is 19.4. The van der Waals surface area contributed by atoms with E-state index in [0.29, 0.717) is 12.8 Å². The van der Waals surface area contributed by atoms with Crippen molar-refractivity contribution in [3.8, 4) is 0 Å². The summed E-state index contributed by atoms with van der Waals surface area (Å²) in [6, 6.07) is -0.720. The Bertz CT molecular complexity index is 1480. The van der Waals surface area contributed by atoms with Gasteiger partial charge >= 0.3 is 0 Å². The second-order valence-corrected chi connectivity index (χ2v) is 24.7. The van der Waals surface area contributed by atoms with Crippen molar-refractivity contribution >= 4 is 5.91 Å². The van der Waals surface area contributed by atoms with Gasteiger partial charge in [-0.25, -0.2) is 0 Å². The molecule has 480 valence electrons. The normalized spacial score (nSPS) is 18.6. The van der Waals surface area contributed by atoms with Crippen LogP contribution in [0.25, 0.3) is 0 Å². The Morgan fingerprint density at radius 3 is 1.12 bits per heavy atom. The molecule has 1 aliphatic heterocycles. The SMILES string of the molecule is CC/C=C\C/C=C\C/C=C\C/C=C\C/C=C\CCCCCCCCCCCCCCCCCCCCCCCC(=O)NC(COC1OC(CO)C(O)C(O)C1O)C(O)CCCCCCCCCCCCCCCCCCCCCCCC. The van der Waals surface area contributed by atoms with Gasteiger partial charge in [-0.15, -0.1) is 0 Å². The van der Waals surface area contributed by atoms with E-state index in [4.69, 9.17) is 9.47 Å². The molecular weight excluding hydrogens is 1020 g/mol. The number of aliphatic hydroxyl groups excluding tert-OH is 5. The van der Waals surface area contributed by atoms with Crippen molar-refractivity contribution in [2.45, 2.75) is 384 Å². The van der Waals surface area contributed by atoms with E-state index < -0.39 is 49.5 Å².